The summed E-state index contributed by atoms with van der Waals surface area (Å²) >= 11 is 0. The number of allylic oxidation sites excluding steroid dienone is 3. The van der Waals surface area contributed by atoms with Crippen LogP contribution < -0.4 is 0 Å². The van der Waals surface area contributed by atoms with Crippen molar-refractivity contribution in [1.82, 2.24) is 0 Å². The van der Waals surface area contributed by atoms with Crippen molar-refractivity contribution in [2.75, 3.05) is 0 Å². The van der Waals surface area contributed by atoms with Crippen molar-refractivity contribution in [1.29, 1.82) is 0 Å². The van der Waals surface area contributed by atoms with Crippen LogP contribution in [0.5, 0.6) is 0 Å². The third-order valence-corrected chi connectivity index (χ3v) is 6.07. The lowest BCUT2D eigenvalue weighted by molar-refractivity contribution is -0.0586. The summed E-state index contributed by atoms with van der Waals surface area (Å²) in [4.78, 5) is 0. The van der Waals surface area contributed by atoms with E-state index in [1.165, 1.54) is 11.1 Å². The van der Waals surface area contributed by atoms with Gasteiger partial charge in [-0.05, 0) is 83.5 Å². The Balaban J connectivity index is 2.37. The standard InChI is InChI=1S/C20H34O2/c1-14-7-6-8-15(2)13-17(21)18-16(19(3,4)22)10-12-20(18,5)11-9-14/h8-9,16-18,21-22H,6-7,10-13H2,1-5H3/b14-9+,15-8+/t16-,17?,18-,20+/m1/s1. The van der Waals surface area contributed by atoms with E-state index < -0.39 is 5.60 Å². The lowest BCUT2D eigenvalue weighted by atomic mass is 9.67. The number of fused-ring (bicyclic) bond motifs is 1. The lowest BCUT2D eigenvalue weighted by Crippen LogP contribution is -2.43. The maximum absolute atomic E-state index is 11.0. The monoisotopic (exact) mass is 306 g/mol. The number of aliphatic hydroxyl groups is 2. The van der Waals surface area contributed by atoms with Crippen LogP contribution in [-0.2, 0) is 0 Å². The van der Waals surface area contributed by atoms with Gasteiger partial charge in [0.2, 0.25) is 0 Å². The molecule has 0 saturated heterocycles. The fourth-order valence-corrected chi connectivity index (χ4v) is 4.68. The van der Waals surface area contributed by atoms with Crippen LogP contribution in [0.4, 0.5) is 0 Å². The number of rotatable bonds is 1. The van der Waals surface area contributed by atoms with Gasteiger partial charge in [0, 0.05) is 0 Å². The molecule has 0 bridgehead atoms. The normalized spacial score (nSPS) is 42.6. The molecule has 0 radical (unpaired) electrons. The fraction of sp³-hybridized carbons (Fsp3) is 0.800. The highest BCUT2D eigenvalue weighted by Crippen LogP contribution is 2.55. The molecule has 0 spiro atoms. The lowest BCUT2D eigenvalue weighted by Gasteiger charge is -2.41. The van der Waals surface area contributed by atoms with Crippen LogP contribution in [0.1, 0.15) is 73.1 Å². The van der Waals surface area contributed by atoms with Crippen molar-refractivity contribution in [2.45, 2.75) is 84.8 Å². The largest absolute Gasteiger partial charge is 0.392 e. The summed E-state index contributed by atoms with van der Waals surface area (Å²) in [5.41, 5.74) is 2.11. The van der Waals surface area contributed by atoms with E-state index in [-0.39, 0.29) is 23.4 Å². The molecule has 1 fully saturated rings. The van der Waals surface area contributed by atoms with Gasteiger partial charge in [-0.25, -0.2) is 0 Å². The smallest absolute Gasteiger partial charge is 0.0623 e. The summed E-state index contributed by atoms with van der Waals surface area (Å²) in [6.07, 6.45) is 10.3. The van der Waals surface area contributed by atoms with Gasteiger partial charge >= 0.3 is 0 Å². The van der Waals surface area contributed by atoms with Gasteiger partial charge in [0.1, 0.15) is 0 Å². The number of hydrogen-bond acceptors (Lipinski definition) is 2. The third-order valence-electron chi connectivity index (χ3n) is 6.07. The Morgan fingerprint density at radius 2 is 1.86 bits per heavy atom. The predicted octanol–water partition coefficient (Wildman–Crippen LogP) is 4.62. The van der Waals surface area contributed by atoms with Gasteiger partial charge in [0.15, 0.2) is 0 Å². The molecule has 2 heteroatoms. The molecule has 22 heavy (non-hydrogen) atoms. The maximum atomic E-state index is 11.0. The molecule has 2 N–H and O–H groups in total. The van der Waals surface area contributed by atoms with Crippen molar-refractivity contribution in [3.63, 3.8) is 0 Å². The van der Waals surface area contributed by atoms with Crippen molar-refractivity contribution in [3.05, 3.63) is 23.3 Å². The molecule has 1 unspecified atom stereocenters. The maximum Gasteiger partial charge on any atom is 0.0623 e. The molecule has 2 nitrogen and oxygen atoms in total. The van der Waals surface area contributed by atoms with Gasteiger partial charge in [-0.15, -0.1) is 0 Å². The van der Waals surface area contributed by atoms with Crippen molar-refractivity contribution >= 4 is 0 Å². The predicted molar refractivity (Wildman–Crippen MR) is 92.6 cm³/mol. The molecular formula is C20H34O2. The van der Waals surface area contributed by atoms with E-state index in [0.29, 0.717) is 0 Å². The van der Waals surface area contributed by atoms with E-state index >= 15 is 0 Å². The quantitative estimate of drug-likeness (QED) is 0.694. The molecule has 0 heterocycles. The third kappa shape index (κ3) is 3.83. The van der Waals surface area contributed by atoms with E-state index in [9.17, 15) is 10.2 Å². The number of aliphatic hydroxyl groups excluding tert-OH is 1. The van der Waals surface area contributed by atoms with Gasteiger partial charge in [-0.1, -0.05) is 30.2 Å². The number of hydrogen-bond donors (Lipinski definition) is 2. The summed E-state index contributed by atoms with van der Waals surface area (Å²) in [6.45, 7) is 10.5. The van der Waals surface area contributed by atoms with Crippen molar-refractivity contribution in [2.24, 2.45) is 17.3 Å². The first-order chi connectivity index (χ1) is 10.1. The molecule has 1 saturated carbocycles. The summed E-state index contributed by atoms with van der Waals surface area (Å²) in [6, 6.07) is 0. The molecule has 4 atom stereocenters. The first-order valence-electron chi connectivity index (χ1n) is 8.85. The Hall–Kier alpha value is -0.600. The zero-order valence-electron chi connectivity index (χ0n) is 15.0. The molecule has 2 rings (SSSR count). The van der Waals surface area contributed by atoms with Crippen molar-refractivity contribution in [3.8, 4) is 0 Å². The van der Waals surface area contributed by atoms with Crippen molar-refractivity contribution < 1.29 is 10.2 Å². The van der Waals surface area contributed by atoms with Gasteiger partial charge in [0.25, 0.3) is 0 Å². The Morgan fingerprint density at radius 3 is 2.50 bits per heavy atom. The summed E-state index contributed by atoms with van der Waals surface area (Å²) < 4.78 is 0. The second kappa shape index (κ2) is 6.49. The summed E-state index contributed by atoms with van der Waals surface area (Å²) in [5, 5.41) is 21.6. The average Bonchev–Trinajstić information content (AvgIpc) is 2.73. The molecule has 126 valence electrons. The van der Waals surface area contributed by atoms with E-state index in [4.69, 9.17) is 0 Å². The van der Waals surface area contributed by atoms with E-state index in [0.717, 1.165) is 38.5 Å². The van der Waals surface area contributed by atoms with Crippen LogP contribution in [0.3, 0.4) is 0 Å². The highest BCUT2D eigenvalue weighted by molar-refractivity contribution is 5.12. The molecule has 0 aromatic carbocycles. The van der Waals surface area contributed by atoms with Crippen LogP contribution in [0.15, 0.2) is 23.3 Å². The minimum atomic E-state index is -0.722. The summed E-state index contributed by atoms with van der Waals surface area (Å²) in [5.74, 6) is 0.341. The van der Waals surface area contributed by atoms with Gasteiger partial charge < -0.3 is 10.2 Å². The van der Waals surface area contributed by atoms with Crippen LogP contribution in [0, 0.1) is 17.3 Å². The van der Waals surface area contributed by atoms with Crippen LogP contribution >= 0.6 is 0 Å². The molecule has 0 amide bonds. The zero-order chi connectivity index (χ0) is 16.5. The molecule has 2 aliphatic carbocycles. The minimum absolute atomic E-state index is 0.0932. The van der Waals surface area contributed by atoms with Gasteiger partial charge in [0.05, 0.1) is 11.7 Å². The molecule has 0 aromatic rings. The van der Waals surface area contributed by atoms with Gasteiger partial charge in [-0.3, -0.25) is 0 Å². The second-order valence-electron chi connectivity index (χ2n) is 8.59. The van der Waals surface area contributed by atoms with E-state index in [2.05, 4.69) is 32.9 Å². The molecule has 0 aliphatic heterocycles. The Bertz CT molecular complexity index is 455. The SMILES string of the molecule is C/C1=C\C[C@@]2(C)CC[C@@H](C(C)(C)O)[C@@H]2C(O)C/C(C)=C/CC1. The van der Waals surface area contributed by atoms with Crippen LogP contribution in [0.25, 0.3) is 0 Å². The highest BCUT2D eigenvalue weighted by atomic mass is 16.3. The minimum Gasteiger partial charge on any atom is -0.392 e. The molecular weight excluding hydrogens is 272 g/mol. The topological polar surface area (TPSA) is 40.5 Å². The highest BCUT2D eigenvalue weighted by Gasteiger charge is 2.52. The zero-order valence-corrected chi connectivity index (χ0v) is 15.0. The Kier molecular flexibility index (Phi) is 5.23. The van der Waals surface area contributed by atoms with E-state index in [1.807, 2.05) is 13.8 Å². The first kappa shape index (κ1) is 17.7. The Morgan fingerprint density at radius 1 is 1.18 bits per heavy atom. The van der Waals surface area contributed by atoms with Crippen LogP contribution in [-0.4, -0.2) is 21.9 Å². The molecule has 2 aliphatic rings. The Labute approximate surface area is 136 Å². The van der Waals surface area contributed by atoms with E-state index in [1.54, 1.807) is 0 Å². The van der Waals surface area contributed by atoms with Gasteiger partial charge in [-0.2, -0.15) is 0 Å². The molecule has 0 aromatic heterocycles. The summed E-state index contributed by atoms with van der Waals surface area (Å²) in [7, 11) is 0. The fourth-order valence-electron chi connectivity index (χ4n) is 4.68. The van der Waals surface area contributed by atoms with Crippen LogP contribution in [0.2, 0.25) is 0 Å². The second-order valence-corrected chi connectivity index (χ2v) is 8.59. The average molecular weight is 306 g/mol. The first-order valence-corrected chi connectivity index (χ1v) is 8.85.